The van der Waals surface area contributed by atoms with E-state index in [9.17, 15) is 18.7 Å². The van der Waals surface area contributed by atoms with Crippen molar-refractivity contribution in [2.24, 2.45) is 0 Å². The zero-order valence-electron chi connectivity index (χ0n) is 16.5. The van der Waals surface area contributed by atoms with Gasteiger partial charge in [-0.05, 0) is 19.4 Å². The molecule has 0 bridgehead atoms. The monoisotopic (exact) mass is 452 g/mol. The van der Waals surface area contributed by atoms with Gasteiger partial charge >= 0.3 is 20.9 Å². The fourth-order valence-corrected chi connectivity index (χ4v) is 4.92. The molecule has 0 saturated carbocycles. The van der Waals surface area contributed by atoms with Gasteiger partial charge in [-0.2, -0.15) is 0 Å². The molecule has 1 aromatic heterocycles. The van der Waals surface area contributed by atoms with Gasteiger partial charge < -0.3 is 23.6 Å². The Balaban J connectivity index is 2.39. The molecule has 1 aliphatic heterocycles. The van der Waals surface area contributed by atoms with Crippen LogP contribution < -0.4 is 11.2 Å². The third-order valence-electron chi connectivity index (χ3n) is 4.71. The van der Waals surface area contributed by atoms with Gasteiger partial charge in [0.05, 0.1) is 5.66 Å². The van der Waals surface area contributed by atoms with E-state index in [0.717, 1.165) is 10.6 Å². The van der Waals surface area contributed by atoms with Gasteiger partial charge in [0.1, 0.15) is 18.4 Å². The molecule has 13 heteroatoms. The van der Waals surface area contributed by atoms with Crippen LogP contribution >= 0.6 is 15.2 Å². The van der Waals surface area contributed by atoms with Crippen LogP contribution in [0.25, 0.3) is 0 Å². The zero-order chi connectivity index (χ0) is 22.0. The van der Waals surface area contributed by atoms with Crippen molar-refractivity contribution in [1.29, 1.82) is 0 Å². The molecule has 1 aromatic rings. The highest BCUT2D eigenvalue weighted by Crippen LogP contribution is 2.56. The maximum Gasteiger partial charge on any atom is 0.348 e. The summed E-state index contributed by atoms with van der Waals surface area (Å²) in [6.45, 7) is 5.04. The Morgan fingerprint density at radius 2 is 2.07 bits per heavy atom. The topological polar surface area (TPSA) is 157 Å². The van der Waals surface area contributed by atoms with E-state index in [1.54, 1.807) is 6.92 Å². The van der Waals surface area contributed by atoms with E-state index in [2.05, 4.69) is 4.98 Å². The highest BCUT2D eigenvalue weighted by Gasteiger charge is 2.42. The fraction of sp³-hybridized carbons (Fsp3) is 0.625. The summed E-state index contributed by atoms with van der Waals surface area (Å²) in [4.78, 5) is 44.2. The number of ether oxygens (including phenoxy) is 1. The summed E-state index contributed by atoms with van der Waals surface area (Å²) in [6, 6.07) is 0. The van der Waals surface area contributed by atoms with E-state index in [-0.39, 0.29) is 12.0 Å². The standard InChI is InChI=1S/C16H26N2O9P2/c1-5-11(3)29(24,25-4)27-13-8-14(26-12(13)6-7-28(21,22)23)18-9-10(2)15(19)17-16(18)20/h6-7,9,11-14H,5,8H2,1-4H3,(H,17,19,20)(H2,21,22,23)/b7-6+. The second-order valence-corrected chi connectivity index (χ2v) is 10.8. The minimum absolute atomic E-state index is 0.0470. The number of aromatic amines is 1. The van der Waals surface area contributed by atoms with E-state index in [4.69, 9.17) is 23.6 Å². The highest BCUT2D eigenvalue weighted by atomic mass is 31.2. The summed E-state index contributed by atoms with van der Waals surface area (Å²) in [5, 5.41) is 0. The molecule has 0 amide bonds. The number of nitrogens with one attached hydrogen (secondary N) is 1. The molecule has 5 unspecified atom stereocenters. The Morgan fingerprint density at radius 1 is 1.41 bits per heavy atom. The SMILES string of the molecule is CCC(C)P(=O)(OC)OC1CC(n2cc(C)c(=O)[nH]c2=O)OC1/C=C/P(=O)(O)O. The lowest BCUT2D eigenvalue weighted by molar-refractivity contribution is 0.00610. The highest BCUT2D eigenvalue weighted by molar-refractivity contribution is 7.55. The molecule has 2 rings (SSSR count). The number of H-pyrrole nitrogens is 1. The number of aromatic nitrogens is 2. The van der Waals surface area contributed by atoms with Gasteiger partial charge in [0, 0.05) is 31.1 Å². The average molecular weight is 452 g/mol. The quantitative estimate of drug-likeness (QED) is 0.501. The molecule has 0 radical (unpaired) electrons. The molecule has 11 nitrogen and oxygen atoms in total. The van der Waals surface area contributed by atoms with Crippen LogP contribution in [0.2, 0.25) is 0 Å². The van der Waals surface area contributed by atoms with Crippen molar-refractivity contribution in [2.75, 3.05) is 7.11 Å². The molecule has 2 heterocycles. The van der Waals surface area contributed by atoms with Crippen molar-refractivity contribution in [3.8, 4) is 0 Å². The maximum absolute atomic E-state index is 13.0. The predicted octanol–water partition coefficient (Wildman–Crippen LogP) is 1.85. The molecule has 29 heavy (non-hydrogen) atoms. The molecule has 3 N–H and O–H groups in total. The van der Waals surface area contributed by atoms with Crippen LogP contribution in [-0.4, -0.2) is 44.3 Å². The number of aryl methyl sites for hydroxylation is 1. The van der Waals surface area contributed by atoms with Crippen molar-refractivity contribution < 1.29 is 32.7 Å². The summed E-state index contributed by atoms with van der Waals surface area (Å²) in [6.07, 6.45) is 0.196. The first-order chi connectivity index (χ1) is 13.4. The molecule has 0 aromatic carbocycles. The zero-order valence-corrected chi connectivity index (χ0v) is 18.3. The van der Waals surface area contributed by atoms with Gasteiger partial charge in [-0.1, -0.05) is 13.8 Å². The Hall–Kier alpha value is -1.32. The Morgan fingerprint density at radius 3 is 2.62 bits per heavy atom. The minimum Gasteiger partial charge on any atom is -0.348 e. The minimum atomic E-state index is -4.48. The molecule has 164 valence electrons. The van der Waals surface area contributed by atoms with Crippen LogP contribution in [0.4, 0.5) is 0 Å². The average Bonchev–Trinajstić information content (AvgIpc) is 3.03. The van der Waals surface area contributed by atoms with Crippen molar-refractivity contribution in [2.45, 2.75) is 57.7 Å². The molecule has 1 saturated heterocycles. The molecule has 1 aliphatic rings. The first-order valence-corrected chi connectivity index (χ1v) is 12.3. The number of hydrogen-bond donors (Lipinski definition) is 3. The number of nitrogens with zero attached hydrogens (tertiary/aromatic N) is 1. The fourth-order valence-electron chi connectivity index (χ4n) is 2.85. The lowest BCUT2D eigenvalue weighted by atomic mass is 10.2. The van der Waals surface area contributed by atoms with E-state index in [1.165, 1.54) is 20.2 Å². The third-order valence-corrected chi connectivity index (χ3v) is 7.79. The summed E-state index contributed by atoms with van der Waals surface area (Å²) in [7, 11) is -6.76. The van der Waals surface area contributed by atoms with E-state index in [0.29, 0.717) is 12.2 Å². The van der Waals surface area contributed by atoms with E-state index >= 15 is 0 Å². The van der Waals surface area contributed by atoms with E-state index < -0.39 is 50.5 Å². The summed E-state index contributed by atoms with van der Waals surface area (Å²) >= 11 is 0. The van der Waals surface area contributed by atoms with Gasteiger partial charge in [0.2, 0.25) is 0 Å². The number of rotatable bonds is 8. The lowest BCUT2D eigenvalue weighted by Crippen LogP contribution is -2.33. The Labute approximate surface area is 167 Å². The smallest absolute Gasteiger partial charge is 0.348 e. The molecule has 0 aliphatic carbocycles. The lowest BCUT2D eigenvalue weighted by Gasteiger charge is -2.26. The van der Waals surface area contributed by atoms with Crippen molar-refractivity contribution in [3.63, 3.8) is 0 Å². The van der Waals surface area contributed by atoms with Gasteiger partial charge in [0.15, 0.2) is 0 Å². The summed E-state index contributed by atoms with van der Waals surface area (Å²) in [5.74, 6) is 0.665. The summed E-state index contributed by atoms with van der Waals surface area (Å²) in [5.41, 5.74) is -1.38. The largest absolute Gasteiger partial charge is 0.348 e. The van der Waals surface area contributed by atoms with Gasteiger partial charge in [-0.3, -0.25) is 23.5 Å². The Bertz CT molecular complexity index is 964. The second-order valence-electron chi connectivity index (χ2n) is 6.82. The van der Waals surface area contributed by atoms with Crippen LogP contribution in [0.5, 0.6) is 0 Å². The van der Waals surface area contributed by atoms with E-state index in [1.807, 2.05) is 6.92 Å². The van der Waals surface area contributed by atoms with Crippen LogP contribution in [0.15, 0.2) is 27.7 Å². The predicted molar refractivity (Wildman–Crippen MR) is 105 cm³/mol. The van der Waals surface area contributed by atoms with Crippen LogP contribution in [0.1, 0.15) is 38.5 Å². The molecule has 5 atom stereocenters. The first-order valence-electron chi connectivity index (χ1n) is 8.96. The second kappa shape index (κ2) is 9.22. The van der Waals surface area contributed by atoms with Gasteiger partial charge in [0.25, 0.3) is 5.56 Å². The molecule has 1 fully saturated rings. The third kappa shape index (κ3) is 5.86. The van der Waals surface area contributed by atoms with Gasteiger partial charge in [-0.15, -0.1) is 0 Å². The van der Waals surface area contributed by atoms with Crippen LogP contribution in [0.3, 0.4) is 0 Å². The normalized spacial score (nSPS) is 25.9. The Kier molecular flexibility index (Phi) is 7.62. The van der Waals surface area contributed by atoms with Crippen molar-refractivity contribution in [1.82, 2.24) is 9.55 Å². The summed E-state index contributed by atoms with van der Waals surface area (Å²) < 4.78 is 42.0. The molecular weight excluding hydrogens is 426 g/mol. The van der Waals surface area contributed by atoms with Crippen LogP contribution in [-0.2, 0) is 22.9 Å². The molecule has 0 spiro atoms. The maximum atomic E-state index is 13.0. The van der Waals surface area contributed by atoms with Crippen molar-refractivity contribution in [3.05, 3.63) is 44.5 Å². The molecular formula is C16H26N2O9P2. The van der Waals surface area contributed by atoms with Crippen LogP contribution in [0, 0.1) is 6.92 Å². The van der Waals surface area contributed by atoms with Crippen molar-refractivity contribution >= 4 is 15.2 Å². The number of hydrogen-bond acceptors (Lipinski definition) is 7. The van der Waals surface area contributed by atoms with Gasteiger partial charge in [-0.25, -0.2) is 4.79 Å². The first kappa shape index (κ1) is 24.0.